The van der Waals surface area contributed by atoms with Crippen molar-refractivity contribution < 1.29 is 9.53 Å². The Balaban J connectivity index is 1.95. The zero-order valence-electron chi connectivity index (χ0n) is 16.9. The van der Waals surface area contributed by atoms with Gasteiger partial charge in [0.1, 0.15) is 0 Å². The lowest BCUT2D eigenvalue weighted by Crippen LogP contribution is -2.40. The van der Waals surface area contributed by atoms with Crippen LogP contribution < -0.4 is 14.9 Å². The third-order valence-electron chi connectivity index (χ3n) is 4.64. The Morgan fingerprint density at radius 2 is 1.94 bits per heavy atom. The van der Waals surface area contributed by atoms with Crippen molar-refractivity contribution in [1.82, 2.24) is 4.57 Å². The molecule has 0 N–H and O–H groups in total. The maximum absolute atomic E-state index is 13.4. The van der Waals surface area contributed by atoms with Crippen molar-refractivity contribution in [2.45, 2.75) is 32.9 Å². The van der Waals surface area contributed by atoms with Crippen LogP contribution in [0.2, 0.25) is 5.02 Å². The van der Waals surface area contributed by atoms with E-state index in [2.05, 4.69) is 20.9 Å². The number of hydrogen-bond acceptors (Lipinski definition) is 6. The van der Waals surface area contributed by atoms with E-state index in [1.165, 1.54) is 22.7 Å². The van der Waals surface area contributed by atoms with Crippen molar-refractivity contribution in [2.24, 2.45) is 4.99 Å². The van der Waals surface area contributed by atoms with E-state index in [4.69, 9.17) is 16.3 Å². The smallest absolute Gasteiger partial charge is 0.338 e. The van der Waals surface area contributed by atoms with Crippen LogP contribution in [0.1, 0.15) is 37.3 Å². The summed E-state index contributed by atoms with van der Waals surface area (Å²) in [5.74, 6) is -0.479. The van der Waals surface area contributed by atoms with Gasteiger partial charge in [0.05, 0.1) is 31.7 Å². The van der Waals surface area contributed by atoms with Crippen molar-refractivity contribution in [3.05, 3.63) is 86.6 Å². The second kappa shape index (κ2) is 8.86. The second-order valence-corrected chi connectivity index (χ2v) is 11.2. The highest BCUT2D eigenvalue weighted by molar-refractivity contribution is 9.11. The highest BCUT2D eigenvalue weighted by Gasteiger charge is 2.33. The Bertz CT molecular complexity index is 1370. The van der Waals surface area contributed by atoms with E-state index in [0.717, 1.165) is 14.2 Å². The van der Waals surface area contributed by atoms with Crippen LogP contribution in [0, 0.1) is 0 Å². The predicted octanol–water partition coefficient (Wildman–Crippen LogP) is 4.66. The molecule has 0 radical (unpaired) electrons. The molecule has 1 aliphatic heterocycles. The van der Waals surface area contributed by atoms with Crippen LogP contribution in [0.15, 0.2) is 61.2 Å². The van der Waals surface area contributed by atoms with Crippen LogP contribution >= 0.6 is 50.2 Å². The largest absolute Gasteiger partial charge is 0.459 e. The number of esters is 1. The molecule has 2 aromatic heterocycles. The third-order valence-corrected chi connectivity index (χ3v) is 7.44. The fourth-order valence-corrected chi connectivity index (χ4v) is 5.96. The summed E-state index contributed by atoms with van der Waals surface area (Å²) in [7, 11) is 0. The van der Waals surface area contributed by atoms with Crippen LogP contribution in [0.5, 0.6) is 0 Å². The van der Waals surface area contributed by atoms with Gasteiger partial charge in [-0.05, 0) is 72.6 Å². The van der Waals surface area contributed by atoms with Crippen LogP contribution in [0.4, 0.5) is 0 Å². The molecule has 9 heteroatoms. The molecule has 0 saturated heterocycles. The van der Waals surface area contributed by atoms with Gasteiger partial charge < -0.3 is 4.74 Å². The highest BCUT2D eigenvalue weighted by atomic mass is 79.9. The molecule has 1 aliphatic rings. The van der Waals surface area contributed by atoms with E-state index in [0.29, 0.717) is 25.6 Å². The van der Waals surface area contributed by atoms with Crippen molar-refractivity contribution in [3.63, 3.8) is 0 Å². The molecule has 0 aliphatic carbocycles. The van der Waals surface area contributed by atoms with Crippen LogP contribution in [0.3, 0.4) is 0 Å². The zero-order valence-corrected chi connectivity index (χ0v) is 20.9. The van der Waals surface area contributed by atoms with Crippen molar-refractivity contribution in [2.75, 3.05) is 0 Å². The van der Waals surface area contributed by atoms with E-state index in [-0.39, 0.29) is 11.7 Å². The summed E-state index contributed by atoms with van der Waals surface area (Å²) in [6.45, 7) is 5.35. The molecule has 31 heavy (non-hydrogen) atoms. The van der Waals surface area contributed by atoms with Gasteiger partial charge >= 0.3 is 5.97 Å². The molecule has 0 spiro atoms. The van der Waals surface area contributed by atoms with Gasteiger partial charge in [-0.25, -0.2) is 9.79 Å². The van der Waals surface area contributed by atoms with Gasteiger partial charge in [0.2, 0.25) is 0 Å². The number of benzene rings is 1. The quantitative estimate of drug-likeness (QED) is 0.455. The maximum Gasteiger partial charge on any atom is 0.338 e. The molecular weight excluding hydrogens is 520 g/mol. The molecule has 160 valence electrons. The highest BCUT2D eigenvalue weighted by Crippen LogP contribution is 2.31. The van der Waals surface area contributed by atoms with Gasteiger partial charge in [0, 0.05) is 9.90 Å². The SMILES string of the molecule is CC1=C(C(=O)OC(C)C)C(c2ccc(Cl)cc2)n2c(s/c(=C/c3ccc(Br)s3)c2=O)=N1. The van der Waals surface area contributed by atoms with Gasteiger partial charge in [0.25, 0.3) is 5.56 Å². The topological polar surface area (TPSA) is 60.7 Å². The summed E-state index contributed by atoms with van der Waals surface area (Å²) < 4.78 is 8.61. The molecule has 4 rings (SSSR count). The minimum atomic E-state index is -0.642. The standard InChI is InChI=1S/C22H18BrClN2O3S2/c1-11(2)29-21(28)18-12(3)25-22-26(19(18)13-4-6-14(24)7-5-13)20(27)16(31-22)10-15-8-9-17(23)30-15/h4-11,19H,1-3H3/b16-10+. The average molecular weight is 538 g/mol. The number of fused-ring (bicyclic) bond motifs is 1. The maximum atomic E-state index is 13.4. The van der Waals surface area contributed by atoms with Crippen LogP contribution in [-0.2, 0) is 9.53 Å². The average Bonchev–Trinajstić information content (AvgIpc) is 3.24. The predicted molar refractivity (Wildman–Crippen MR) is 128 cm³/mol. The Labute approximate surface area is 200 Å². The number of rotatable bonds is 4. The summed E-state index contributed by atoms with van der Waals surface area (Å²) in [5.41, 5.74) is 1.46. The fourth-order valence-electron chi connectivity index (χ4n) is 3.36. The van der Waals surface area contributed by atoms with Gasteiger partial charge in [-0.2, -0.15) is 0 Å². The number of ether oxygens (including phenoxy) is 1. The lowest BCUT2D eigenvalue weighted by molar-refractivity contribution is -0.143. The number of hydrogen-bond donors (Lipinski definition) is 0. The summed E-state index contributed by atoms with van der Waals surface area (Å²) in [6, 6.07) is 10.4. The zero-order chi connectivity index (χ0) is 22.3. The Morgan fingerprint density at radius 1 is 1.23 bits per heavy atom. The second-order valence-electron chi connectivity index (χ2n) is 7.23. The Morgan fingerprint density at radius 3 is 2.55 bits per heavy atom. The number of nitrogens with zero attached hydrogens (tertiary/aromatic N) is 2. The fraction of sp³-hybridized carbons (Fsp3) is 0.227. The van der Waals surface area contributed by atoms with Crippen molar-refractivity contribution >= 4 is 62.2 Å². The van der Waals surface area contributed by atoms with Crippen LogP contribution in [-0.4, -0.2) is 16.6 Å². The number of thiophene rings is 1. The van der Waals surface area contributed by atoms with Crippen molar-refractivity contribution in [3.8, 4) is 0 Å². The molecule has 0 saturated carbocycles. The van der Waals surface area contributed by atoms with E-state index >= 15 is 0 Å². The summed E-state index contributed by atoms with van der Waals surface area (Å²) in [6.07, 6.45) is 1.56. The third kappa shape index (κ3) is 4.48. The molecule has 1 unspecified atom stereocenters. The minimum absolute atomic E-state index is 0.199. The number of thiazole rings is 1. The molecule has 1 aromatic carbocycles. The first-order valence-corrected chi connectivity index (χ1v) is 12.3. The lowest BCUT2D eigenvalue weighted by atomic mass is 9.96. The summed E-state index contributed by atoms with van der Waals surface area (Å²) >= 11 is 12.4. The molecule has 5 nitrogen and oxygen atoms in total. The monoisotopic (exact) mass is 536 g/mol. The Kier molecular flexibility index (Phi) is 6.35. The molecule has 0 fully saturated rings. The molecular formula is C22H18BrClN2O3S2. The van der Waals surface area contributed by atoms with E-state index in [1.54, 1.807) is 37.5 Å². The normalized spacial score (nSPS) is 16.5. The summed E-state index contributed by atoms with van der Waals surface area (Å²) in [4.78, 5) is 32.5. The van der Waals surface area contributed by atoms with E-state index in [1.807, 2.05) is 30.3 Å². The molecule has 3 heterocycles. The number of aromatic nitrogens is 1. The van der Waals surface area contributed by atoms with E-state index in [9.17, 15) is 9.59 Å². The molecule has 0 amide bonds. The minimum Gasteiger partial charge on any atom is -0.459 e. The van der Waals surface area contributed by atoms with Crippen molar-refractivity contribution in [1.29, 1.82) is 0 Å². The molecule has 1 atom stereocenters. The van der Waals surface area contributed by atoms with Gasteiger partial charge in [-0.15, -0.1) is 11.3 Å². The van der Waals surface area contributed by atoms with Gasteiger partial charge in [-0.1, -0.05) is 35.1 Å². The van der Waals surface area contributed by atoms with Crippen LogP contribution in [0.25, 0.3) is 6.08 Å². The first kappa shape index (κ1) is 22.2. The Hall–Kier alpha value is -2.00. The summed E-state index contributed by atoms with van der Waals surface area (Å²) in [5, 5.41) is 0.575. The van der Waals surface area contributed by atoms with Gasteiger partial charge in [-0.3, -0.25) is 9.36 Å². The van der Waals surface area contributed by atoms with E-state index < -0.39 is 12.0 Å². The number of carbonyl (C=O) groups is 1. The molecule has 3 aromatic rings. The first-order valence-electron chi connectivity index (χ1n) is 9.49. The lowest BCUT2D eigenvalue weighted by Gasteiger charge is -2.25. The molecule has 0 bridgehead atoms. The number of allylic oxidation sites excluding steroid dienone is 1. The number of halogens is 2. The first-order chi connectivity index (χ1) is 14.7. The van der Waals surface area contributed by atoms with Gasteiger partial charge in [0.15, 0.2) is 4.80 Å². The number of carbonyl (C=O) groups excluding carboxylic acids is 1.